The van der Waals surface area contributed by atoms with Crippen LogP contribution in [0, 0.1) is 0 Å². The number of carbonyl (C=O) groups excluding carboxylic acids is 1. The number of benzene rings is 2. The van der Waals surface area contributed by atoms with E-state index in [0.717, 1.165) is 16.1 Å². The topological polar surface area (TPSA) is 57.2 Å². The molecule has 0 saturated carbocycles. The van der Waals surface area contributed by atoms with E-state index >= 15 is 0 Å². The van der Waals surface area contributed by atoms with Crippen molar-refractivity contribution < 1.29 is 23.7 Å². The highest BCUT2D eigenvalue weighted by Gasteiger charge is 2.21. The van der Waals surface area contributed by atoms with Crippen molar-refractivity contribution >= 4 is 22.9 Å². The summed E-state index contributed by atoms with van der Waals surface area (Å²) in [4.78, 5) is 16.2. The third kappa shape index (κ3) is 4.36. The Morgan fingerprint density at radius 2 is 1.80 bits per heavy atom. The first-order chi connectivity index (χ1) is 14.7. The van der Waals surface area contributed by atoms with Crippen molar-refractivity contribution in [3.8, 4) is 23.0 Å². The molecular formula is C23H23NO5S. The summed E-state index contributed by atoms with van der Waals surface area (Å²) < 4.78 is 22.0. The Bertz CT molecular complexity index is 1020. The van der Waals surface area contributed by atoms with E-state index in [-0.39, 0.29) is 12.3 Å². The standard InChI is InChI=1S/C23H23NO5S/c1-26-19-7-5-16(12-21(19)27-2)13-23(25)24(15-18-4-3-11-30-18)17-6-8-20-22(14-17)29-10-9-28-20/h3-8,11-12,14H,9-10,13,15H2,1-2H3. The van der Waals surface area contributed by atoms with Crippen LogP contribution in [0.15, 0.2) is 53.9 Å². The summed E-state index contributed by atoms with van der Waals surface area (Å²) in [6, 6.07) is 15.2. The zero-order chi connectivity index (χ0) is 20.9. The van der Waals surface area contributed by atoms with Crippen molar-refractivity contribution in [1.82, 2.24) is 0 Å². The first kappa shape index (κ1) is 20.1. The van der Waals surface area contributed by atoms with Crippen molar-refractivity contribution in [2.45, 2.75) is 13.0 Å². The number of nitrogens with zero attached hydrogens (tertiary/aromatic N) is 1. The highest BCUT2D eigenvalue weighted by molar-refractivity contribution is 7.09. The van der Waals surface area contributed by atoms with Gasteiger partial charge in [0.25, 0.3) is 0 Å². The van der Waals surface area contributed by atoms with Gasteiger partial charge in [0.1, 0.15) is 13.2 Å². The van der Waals surface area contributed by atoms with Crippen LogP contribution in [0.5, 0.6) is 23.0 Å². The molecule has 156 valence electrons. The zero-order valence-corrected chi connectivity index (χ0v) is 17.7. The molecule has 0 saturated heterocycles. The Balaban J connectivity index is 1.62. The van der Waals surface area contributed by atoms with E-state index in [2.05, 4.69) is 0 Å². The molecule has 0 radical (unpaired) electrons. The lowest BCUT2D eigenvalue weighted by Gasteiger charge is -2.25. The Morgan fingerprint density at radius 3 is 2.53 bits per heavy atom. The van der Waals surface area contributed by atoms with Crippen LogP contribution < -0.4 is 23.8 Å². The number of carbonyl (C=O) groups is 1. The average molecular weight is 426 g/mol. The molecule has 0 bridgehead atoms. The Labute approximate surface area is 179 Å². The van der Waals surface area contributed by atoms with Gasteiger partial charge in [0.15, 0.2) is 23.0 Å². The van der Waals surface area contributed by atoms with E-state index < -0.39 is 0 Å². The number of ether oxygens (including phenoxy) is 4. The van der Waals surface area contributed by atoms with Crippen LogP contribution in [0.2, 0.25) is 0 Å². The third-order valence-electron chi connectivity index (χ3n) is 4.84. The molecule has 0 aliphatic carbocycles. The number of methoxy groups -OCH3 is 2. The van der Waals surface area contributed by atoms with E-state index in [4.69, 9.17) is 18.9 Å². The molecule has 4 rings (SSSR count). The summed E-state index contributed by atoms with van der Waals surface area (Å²) in [7, 11) is 3.18. The van der Waals surface area contributed by atoms with E-state index in [0.29, 0.717) is 42.8 Å². The molecule has 30 heavy (non-hydrogen) atoms. The number of rotatable bonds is 7. The molecule has 2 aromatic carbocycles. The van der Waals surface area contributed by atoms with E-state index in [9.17, 15) is 4.79 Å². The minimum atomic E-state index is -0.0210. The van der Waals surface area contributed by atoms with Crippen LogP contribution in [0.1, 0.15) is 10.4 Å². The Kier molecular flexibility index (Phi) is 6.09. The minimum Gasteiger partial charge on any atom is -0.493 e. The molecule has 2 heterocycles. The summed E-state index contributed by atoms with van der Waals surface area (Å²) in [6.45, 7) is 1.52. The van der Waals surface area contributed by atoms with Gasteiger partial charge in [-0.3, -0.25) is 4.79 Å². The highest BCUT2D eigenvalue weighted by atomic mass is 32.1. The summed E-state index contributed by atoms with van der Waals surface area (Å²) in [5.41, 5.74) is 1.63. The van der Waals surface area contributed by atoms with Crippen LogP contribution in [0.25, 0.3) is 0 Å². The van der Waals surface area contributed by atoms with E-state index in [1.165, 1.54) is 0 Å². The molecule has 0 N–H and O–H groups in total. The van der Waals surface area contributed by atoms with Crippen molar-refractivity contribution in [2.24, 2.45) is 0 Å². The summed E-state index contributed by atoms with van der Waals surface area (Å²) >= 11 is 1.62. The van der Waals surface area contributed by atoms with Gasteiger partial charge >= 0.3 is 0 Å². The first-order valence-electron chi connectivity index (χ1n) is 9.61. The molecule has 1 amide bonds. The monoisotopic (exact) mass is 425 g/mol. The zero-order valence-electron chi connectivity index (χ0n) is 16.9. The first-order valence-corrected chi connectivity index (χ1v) is 10.5. The quantitative estimate of drug-likeness (QED) is 0.565. The van der Waals surface area contributed by atoms with Crippen LogP contribution in [-0.2, 0) is 17.8 Å². The Morgan fingerprint density at radius 1 is 1.00 bits per heavy atom. The molecular weight excluding hydrogens is 402 g/mol. The number of thiophene rings is 1. The van der Waals surface area contributed by atoms with Gasteiger partial charge < -0.3 is 23.8 Å². The second-order valence-corrected chi connectivity index (χ2v) is 7.79. The highest BCUT2D eigenvalue weighted by Crippen LogP contribution is 2.35. The molecule has 0 fully saturated rings. The van der Waals surface area contributed by atoms with Gasteiger partial charge in [-0.1, -0.05) is 12.1 Å². The normalized spacial score (nSPS) is 12.3. The van der Waals surface area contributed by atoms with Crippen molar-refractivity contribution in [3.63, 3.8) is 0 Å². The number of fused-ring (bicyclic) bond motifs is 1. The number of anilines is 1. The summed E-state index contributed by atoms with van der Waals surface area (Å²) in [5, 5.41) is 2.01. The fraction of sp³-hybridized carbons (Fsp3) is 0.261. The van der Waals surface area contributed by atoms with Gasteiger partial charge in [0.05, 0.1) is 27.2 Å². The van der Waals surface area contributed by atoms with Gasteiger partial charge in [-0.05, 0) is 41.3 Å². The van der Waals surface area contributed by atoms with Gasteiger partial charge in [0.2, 0.25) is 5.91 Å². The fourth-order valence-electron chi connectivity index (χ4n) is 3.34. The van der Waals surface area contributed by atoms with E-state index in [1.54, 1.807) is 30.5 Å². The van der Waals surface area contributed by atoms with Crippen LogP contribution >= 0.6 is 11.3 Å². The lowest BCUT2D eigenvalue weighted by molar-refractivity contribution is -0.118. The largest absolute Gasteiger partial charge is 0.493 e. The molecule has 3 aromatic rings. The predicted octanol–water partition coefficient (Wildman–Crippen LogP) is 4.31. The number of amides is 1. The molecule has 7 heteroatoms. The second-order valence-electron chi connectivity index (χ2n) is 6.75. The second kappa shape index (κ2) is 9.09. The number of hydrogen-bond donors (Lipinski definition) is 0. The average Bonchev–Trinajstić information content (AvgIpc) is 3.30. The van der Waals surface area contributed by atoms with Crippen molar-refractivity contribution in [2.75, 3.05) is 32.3 Å². The maximum atomic E-state index is 13.3. The lowest BCUT2D eigenvalue weighted by atomic mass is 10.1. The van der Waals surface area contributed by atoms with Gasteiger partial charge in [-0.15, -0.1) is 11.3 Å². The van der Waals surface area contributed by atoms with Crippen molar-refractivity contribution in [1.29, 1.82) is 0 Å². The van der Waals surface area contributed by atoms with Crippen LogP contribution in [-0.4, -0.2) is 33.3 Å². The third-order valence-corrected chi connectivity index (χ3v) is 5.70. The van der Waals surface area contributed by atoms with Gasteiger partial charge in [-0.2, -0.15) is 0 Å². The maximum absolute atomic E-state index is 13.3. The molecule has 0 unspecified atom stereocenters. The molecule has 6 nitrogen and oxygen atoms in total. The van der Waals surface area contributed by atoms with Gasteiger partial charge in [0, 0.05) is 16.6 Å². The SMILES string of the molecule is COc1ccc(CC(=O)N(Cc2cccs2)c2ccc3c(c2)OCCO3)cc1OC. The predicted molar refractivity (Wildman–Crippen MR) is 116 cm³/mol. The molecule has 1 aromatic heterocycles. The summed E-state index contributed by atoms with van der Waals surface area (Å²) in [6.07, 6.45) is 0.236. The fourth-order valence-corrected chi connectivity index (χ4v) is 4.04. The molecule has 0 atom stereocenters. The van der Waals surface area contributed by atoms with Crippen LogP contribution in [0.4, 0.5) is 5.69 Å². The molecule has 1 aliphatic heterocycles. The Hall–Kier alpha value is -3.19. The maximum Gasteiger partial charge on any atom is 0.231 e. The summed E-state index contributed by atoms with van der Waals surface area (Å²) in [5.74, 6) is 2.58. The smallest absolute Gasteiger partial charge is 0.231 e. The van der Waals surface area contributed by atoms with E-state index in [1.807, 2.05) is 53.9 Å². The molecule has 1 aliphatic rings. The van der Waals surface area contributed by atoms with Crippen LogP contribution in [0.3, 0.4) is 0 Å². The minimum absolute atomic E-state index is 0.0210. The lowest BCUT2D eigenvalue weighted by Crippen LogP contribution is -2.31. The number of hydrogen-bond acceptors (Lipinski definition) is 6. The van der Waals surface area contributed by atoms with Crippen molar-refractivity contribution in [3.05, 3.63) is 64.4 Å². The molecule has 0 spiro atoms. The van der Waals surface area contributed by atoms with Gasteiger partial charge in [-0.25, -0.2) is 0 Å².